The number of amides is 1. The first kappa shape index (κ1) is 12.6. The summed E-state index contributed by atoms with van der Waals surface area (Å²) in [4.78, 5) is 15.8. The van der Waals surface area contributed by atoms with Crippen LogP contribution in [0.2, 0.25) is 5.02 Å². The molecule has 0 radical (unpaired) electrons. The van der Waals surface area contributed by atoms with Crippen LogP contribution < -0.4 is 5.32 Å². The van der Waals surface area contributed by atoms with Gasteiger partial charge in [-0.15, -0.1) is 0 Å². The number of fused-ring (bicyclic) bond motifs is 1. The number of imidazole rings is 1. The fourth-order valence-corrected chi connectivity index (χ4v) is 1.74. The van der Waals surface area contributed by atoms with Crippen LogP contribution in [0.15, 0.2) is 36.2 Å². The Labute approximate surface area is 110 Å². The topological polar surface area (TPSA) is 46.4 Å². The van der Waals surface area contributed by atoms with Gasteiger partial charge in [-0.1, -0.05) is 17.2 Å². The molecule has 1 N–H and O–H groups in total. The van der Waals surface area contributed by atoms with Crippen LogP contribution in [0.5, 0.6) is 0 Å². The predicted molar refractivity (Wildman–Crippen MR) is 71.5 cm³/mol. The monoisotopic (exact) mass is 263 g/mol. The molecule has 0 atom stereocenters. The molecule has 94 valence electrons. The largest absolute Gasteiger partial charge is 0.347 e. The third kappa shape index (κ3) is 3.11. The number of halogens is 1. The quantitative estimate of drug-likeness (QED) is 0.865. The molecule has 0 spiro atoms. The van der Waals surface area contributed by atoms with E-state index < -0.39 is 0 Å². The van der Waals surface area contributed by atoms with Crippen molar-refractivity contribution in [2.24, 2.45) is 0 Å². The van der Waals surface area contributed by atoms with Crippen LogP contribution in [0.1, 0.15) is 19.5 Å². The third-order valence-corrected chi connectivity index (χ3v) is 2.57. The van der Waals surface area contributed by atoms with Crippen molar-refractivity contribution in [2.75, 3.05) is 0 Å². The van der Waals surface area contributed by atoms with Gasteiger partial charge in [-0.05, 0) is 26.0 Å². The van der Waals surface area contributed by atoms with Crippen molar-refractivity contribution in [3.05, 3.63) is 46.9 Å². The van der Waals surface area contributed by atoms with Crippen molar-refractivity contribution >= 4 is 23.2 Å². The van der Waals surface area contributed by atoms with Gasteiger partial charge in [0, 0.05) is 23.5 Å². The van der Waals surface area contributed by atoms with Gasteiger partial charge in [0.15, 0.2) is 0 Å². The summed E-state index contributed by atoms with van der Waals surface area (Å²) in [5.41, 5.74) is 2.54. The van der Waals surface area contributed by atoms with Crippen molar-refractivity contribution in [1.29, 1.82) is 0 Å². The van der Waals surface area contributed by atoms with Gasteiger partial charge in [0.2, 0.25) is 5.91 Å². The molecule has 1 amide bonds. The summed E-state index contributed by atoms with van der Waals surface area (Å²) < 4.78 is 1.87. The number of carbonyl (C=O) groups is 1. The van der Waals surface area contributed by atoms with Gasteiger partial charge < -0.3 is 9.72 Å². The zero-order valence-corrected chi connectivity index (χ0v) is 11.0. The summed E-state index contributed by atoms with van der Waals surface area (Å²) in [5, 5.41) is 3.43. The molecule has 2 heterocycles. The number of rotatable bonds is 3. The van der Waals surface area contributed by atoms with E-state index in [1.165, 1.54) is 0 Å². The van der Waals surface area contributed by atoms with Gasteiger partial charge >= 0.3 is 0 Å². The highest BCUT2D eigenvalue weighted by Gasteiger charge is 2.03. The molecule has 4 nitrogen and oxygen atoms in total. The number of aromatic nitrogens is 2. The molecule has 0 saturated heterocycles. The van der Waals surface area contributed by atoms with Crippen molar-refractivity contribution in [3.8, 4) is 0 Å². The van der Waals surface area contributed by atoms with Crippen LogP contribution in [0, 0.1) is 0 Å². The molecular weight excluding hydrogens is 250 g/mol. The van der Waals surface area contributed by atoms with Crippen LogP contribution in [0.4, 0.5) is 0 Å². The van der Waals surface area contributed by atoms with E-state index in [9.17, 15) is 4.79 Å². The SMILES string of the molecule is CC(C)=CC(=O)NCc1cn2ccc(Cl)cc2n1. The maximum atomic E-state index is 11.5. The molecule has 0 fully saturated rings. The van der Waals surface area contributed by atoms with E-state index in [4.69, 9.17) is 11.6 Å². The fraction of sp³-hybridized carbons (Fsp3) is 0.231. The normalized spacial score (nSPS) is 10.4. The van der Waals surface area contributed by atoms with E-state index in [0.717, 1.165) is 16.9 Å². The Balaban J connectivity index is 2.08. The summed E-state index contributed by atoms with van der Waals surface area (Å²) in [6, 6.07) is 3.57. The molecule has 2 aromatic heterocycles. The van der Waals surface area contributed by atoms with Crippen molar-refractivity contribution < 1.29 is 4.79 Å². The van der Waals surface area contributed by atoms with E-state index in [1.54, 1.807) is 18.2 Å². The lowest BCUT2D eigenvalue weighted by atomic mass is 10.3. The standard InChI is InChI=1S/C13H14ClN3O/c1-9(2)5-13(18)15-7-11-8-17-4-3-10(14)6-12(17)16-11/h3-6,8H,7H2,1-2H3,(H,15,18). The Morgan fingerprint density at radius 2 is 2.33 bits per heavy atom. The number of allylic oxidation sites excluding steroid dienone is 1. The van der Waals surface area contributed by atoms with Crippen molar-refractivity contribution in [3.63, 3.8) is 0 Å². The first-order chi connectivity index (χ1) is 8.54. The smallest absolute Gasteiger partial charge is 0.244 e. The molecule has 5 heteroatoms. The molecule has 0 aromatic carbocycles. The highest BCUT2D eigenvalue weighted by atomic mass is 35.5. The molecule has 0 aliphatic carbocycles. The van der Waals surface area contributed by atoms with Crippen molar-refractivity contribution in [2.45, 2.75) is 20.4 Å². The Morgan fingerprint density at radius 1 is 1.56 bits per heavy atom. The van der Waals surface area contributed by atoms with Crippen LogP contribution in [0.25, 0.3) is 5.65 Å². The molecular formula is C13H14ClN3O. The molecule has 0 unspecified atom stereocenters. The second kappa shape index (κ2) is 5.23. The zero-order chi connectivity index (χ0) is 13.1. The summed E-state index contributed by atoms with van der Waals surface area (Å²) >= 11 is 5.88. The number of nitrogens with one attached hydrogen (secondary N) is 1. The third-order valence-electron chi connectivity index (χ3n) is 2.34. The summed E-state index contributed by atoms with van der Waals surface area (Å²) in [6.07, 6.45) is 5.27. The maximum Gasteiger partial charge on any atom is 0.244 e. The van der Waals surface area contributed by atoms with E-state index in [-0.39, 0.29) is 5.91 Å². The Bertz CT molecular complexity index is 612. The second-order valence-corrected chi connectivity index (χ2v) is 4.72. The lowest BCUT2D eigenvalue weighted by molar-refractivity contribution is -0.116. The van der Waals surface area contributed by atoms with Gasteiger partial charge in [0.1, 0.15) is 5.65 Å². The predicted octanol–water partition coefficient (Wildman–Crippen LogP) is 2.57. The number of carbonyl (C=O) groups excluding carboxylic acids is 1. The van der Waals surface area contributed by atoms with Gasteiger partial charge in [-0.25, -0.2) is 4.98 Å². The fourth-order valence-electron chi connectivity index (χ4n) is 1.59. The molecule has 0 aliphatic rings. The van der Waals surface area contributed by atoms with Gasteiger partial charge in [-0.2, -0.15) is 0 Å². The molecule has 0 aliphatic heterocycles. The summed E-state index contributed by atoms with van der Waals surface area (Å²) in [6.45, 7) is 4.17. The lowest BCUT2D eigenvalue weighted by Gasteiger charge is -1.98. The molecule has 0 bridgehead atoms. The van der Waals surface area contributed by atoms with E-state index in [0.29, 0.717) is 11.6 Å². The van der Waals surface area contributed by atoms with E-state index >= 15 is 0 Å². The molecule has 18 heavy (non-hydrogen) atoms. The highest BCUT2D eigenvalue weighted by molar-refractivity contribution is 6.30. The van der Waals surface area contributed by atoms with E-state index in [1.807, 2.05) is 30.6 Å². The number of pyridine rings is 1. The van der Waals surface area contributed by atoms with Crippen LogP contribution in [-0.4, -0.2) is 15.3 Å². The zero-order valence-electron chi connectivity index (χ0n) is 10.3. The van der Waals surface area contributed by atoms with Gasteiger partial charge in [0.05, 0.1) is 12.2 Å². The molecule has 0 saturated carbocycles. The van der Waals surface area contributed by atoms with Crippen molar-refractivity contribution in [1.82, 2.24) is 14.7 Å². The number of hydrogen-bond donors (Lipinski definition) is 1. The van der Waals surface area contributed by atoms with Crippen LogP contribution in [-0.2, 0) is 11.3 Å². The minimum Gasteiger partial charge on any atom is -0.347 e. The molecule has 2 aromatic rings. The first-order valence-electron chi connectivity index (χ1n) is 5.60. The second-order valence-electron chi connectivity index (χ2n) is 4.28. The van der Waals surface area contributed by atoms with Crippen LogP contribution >= 0.6 is 11.6 Å². The average Bonchev–Trinajstić information content (AvgIpc) is 2.67. The summed E-state index contributed by atoms with van der Waals surface area (Å²) in [7, 11) is 0. The average molecular weight is 264 g/mol. The van der Waals surface area contributed by atoms with Gasteiger partial charge in [0.25, 0.3) is 0 Å². The minimum atomic E-state index is -0.106. The highest BCUT2D eigenvalue weighted by Crippen LogP contribution is 2.12. The Kier molecular flexibility index (Phi) is 3.67. The van der Waals surface area contributed by atoms with Gasteiger partial charge in [-0.3, -0.25) is 4.79 Å². The Morgan fingerprint density at radius 3 is 3.06 bits per heavy atom. The van der Waals surface area contributed by atoms with E-state index in [2.05, 4.69) is 10.3 Å². The number of nitrogens with zero attached hydrogens (tertiary/aromatic N) is 2. The summed E-state index contributed by atoms with van der Waals surface area (Å²) in [5.74, 6) is -0.106. The Hall–Kier alpha value is -1.81. The lowest BCUT2D eigenvalue weighted by Crippen LogP contribution is -2.20. The first-order valence-corrected chi connectivity index (χ1v) is 5.98. The van der Waals surface area contributed by atoms with Crippen LogP contribution in [0.3, 0.4) is 0 Å². The number of hydrogen-bond acceptors (Lipinski definition) is 2. The maximum absolute atomic E-state index is 11.5. The minimum absolute atomic E-state index is 0.106. The molecule has 2 rings (SSSR count).